The Kier molecular flexibility index (Phi) is 4.64. The van der Waals surface area contributed by atoms with Gasteiger partial charge in [0.25, 0.3) is 0 Å². The van der Waals surface area contributed by atoms with Gasteiger partial charge >= 0.3 is 0 Å². The van der Waals surface area contributed by atoms with Crippen molar-refractivity contribution in [3.8, 4) is 5.75 Å². The van der Waals surface area contributed by atoms with Gasteiger partial charge in [0.15, 0.2) is 0 Å². The normalized spacial score (nSPS) is 25.9. The molecule has 0 aromatic heterocycles. The van der Waals surface area contributed by atoms with Gasteiger partial charge in [-0.05, 0) is 50.8 Å². The zero-order chi connectivity index (χ0) is 13.9. The maximum atomic E-state index is 5.99. The molecule has 0 radical (unpaired) electrons. The Balaban J connectivity index is 1.58. The molecule has 4 heteroatoms. The molecular weight excluding hydrogens is 318 g/mol. The van der Waals surface area contributed by atoms with Crippen LogP contribution in [0.2, 0.25) is 0 Å². The molecule has 3 rings (SSSR count). The van der Waals surface area contributed by atoms with Gasteiger partial charge in [0, 0.05) is 22.6 Å². The fourth-order valence-electron chi connectivity index (χ4n) is 2.56. The van der Waals surface area contributed by atoms with Gasteiger partial charge in [-0.2, -0.15) is 0 Å². The minimum absolute atomic E-state index is 0.248. The first-order chi connectivity index (χ1) is 9.70. The van der Waals surface area contributed by atoms with Crippen LogP contribution in [0.5, 0.6) is 5.75 Å². The first kappa shape index (κ1) is 14.4. The molecule has 2 fully saturated rings. The highest BCUT2D eigenvalue weighted by Crippen LogP contribution is 2.27. The highest BCUT2D eigenvalue weighted by atomic mass is 79.9. The molecule has 1 aliphatic carbocycles. The van der Waals surface area contributed by atoms with Gasteiger partial charge in [0.05, 0.1) is 12.2 Å². The number of hydrogen-bond acceptors (Lipinski definition) is 3. The van der Waals surface area contributed by atoms with Crippen LogP contribution in [0.15, 0.2) is 22.7 Å². The molecule has 1 saturated heterocycles. The van der Waals surface area contributed by atoms with E-state index < -0.39 is 0 Å². The number of halogens is 1. The van der Waals surface area contributed by atoms with E-state index in [1.165, 1.54) is 18.4 Å². The van der Waals surface area contributed by atoms with Crippen LogP contribution < -0.4 is 10.1 Å². The summed E-state index contributed by atoms with van der Waals surface area (Å²) in [5.74, 6) is 0.976. The Morgan fingerprint density at radius 3 is 2.85 bits per heavy atom. The van der Waals surface area contributed by atoms with Crippen molar-refractivity contribution in [2.45, 2.75) is 57.4 Å². The third-order valence-corrected chi connectivity index (χ3v) is 4.42. The molecule has 1 N–H and O–H groups in total. The molecule has 20 heavy (non-hydrogen) atoms. The zero-order valence-corrected chi connectivity index (χ0v) is 13.5. The van der Waals surface area contributed by atoms with E-state index in [9.17, 15) is 0 Å². The maximum Gasteiger partial charge on any atom is 0.124 e. The summed E-state index contributed by atoms with van der Waals surface area (Å²) >= 11 is 3.54. The van der Waals surface area contributed by atoms with Crippen LogP contribution in [0.25, 0.3) is 0 Å². The SMILES string of the molecule is CC1CCC(COc2ccc(Br)cc2CNC2CC2)O1. The minimum Gasteiger partial charge on any atom is -0.491 e. The van der Waals surface area contributed by atoms with Crippen molar-refractivity contribution < 1.29 is 9.47 Å². The number of nitrogens with one attached hydrogen (secondary N) is 1. The van der Waals surface area contributed by atoms with Gasteiger partial charge in [-0.1, -0.05) is 15.9 Å². The van der Waals surface area contributed by atoms with Gasteiger partial charge < -0.3 is 14.8 Å². The second kappa shape index (κ2) is 6.46. The average Bonchev–Trinajstić information content (AvgIpc) is 3.17. The second-order valence-corrected chi connectivity index (χ2v) is 6.78. The van der Waals surface area contributed by atoms with E-state index in [1.807, 2.05) is 12.1 Å². The topological polar surface area (TPSA) is 30.5 Å². The van der Waals surface area contributed by atoms with E-state index >= 15 is 0 Å². The quantitative estimate of drug-likeness (QED) is 0.858. The highest BCUT2D eigenvalue weighted by molar-refractivity contribution is 9.10. The Labute approximate surface area is 129 Å². The van der Waals surface area contributed by atoms with E-state index in [0.29, 0.717) is 18.8 Å². The molecule has 0 bridgehead atoms. The Hall–Kier alpha value is -0.580. The summed E-state index contributed by atoms with van der Waals surface area (Å²) < 4.78 is 12.9. The third kappa shape index (κ3) is 3.96. The smallest absolute Gasteiger partial charge is 0.124 e. The summed E-state index contributed by atoms with van der Waals surface area (Å²) in [5, 5.41) is 3.54. The summed E-state index contributed by atoms with van der Waals surface area (Å²) in [6.45, 7) is 3.66. The fraction of sp³-hybridized carbons (Fsp3) is 0.625. The first-order valence-corrected chi connectivity index (χ1v) is 8.30. The Morgan fingerprint density at radius 2 is 2.15 bits per heavy atom. The molecule has 2 atom stereocenters. The van der Waals surface area contributed by atoms with E-state index in [1.54, 1.807) is 0 Å². The molecule has 1 aromatic rings. The number of ether oxygens (including phenoxy) is 2. The van der Waals surface area contributed by atoms with Crippen LogP contribution in [0.1, 0.15) is 38.2 Å². The van der Waals surface area contributed by atoms with Gasteiger partial charge in [-0.3, -0.25) is 0 Å². The Morgan fingerprint density at radius 1 is 1.30 bits per heavy atom. The summed E-state index contributed by atoms with van der Waals surface area (Å²) in [6.07, 6.45) is 5.48. The monoisotopic (exact) mass is 339 g/mol. The second-order valence-electron chi connectivity index (χ2n) is 5.86. The van der Waals surface area contributed by atoms with E-state index in [-0.39, 0.29) is 6.10 Å². The fourth-order valence-corrected chi connectivity index (χ4v) is 2.97. The number of rotatable bonds is 6. The summed E-state index contributed by atoms with van der Waals surface area (Å²) in [5.41, 5.74) is 1.22. The molecule has 1 aliphatic heterocycles. The molecule has 1 aromatic carbocycles. The van der Waals surface area contributed by atoms with E-state index in [4.69, 9.17) is 9.47 Å². The van der Waals surface area contributed by atoms with Crippen molar-refractivity contribution in [2.75, 3.05) is 6.61 Å². The average molecular weight is 340 g/mol. The number of hydrogen-bond donors (Lipinski definition) is 1. The van der Waals surface area contributed by atoms with Crippen molar-refractivity contribution in [2.24, 2.45) is 0 Å². The maximum absolute atomic E-state index is 5.99. The first-order valence-electron chi connectivity index (χ1n) is 7.51. The molecule has 0 spiro atoms. The lowest BCUT2D eigenvalue weighted by atomic mass is 10.2. The van der Waals surface area contributed by atoms with Crippen molar-refractivity contribution in [1.29, 1.82) is 0 Å². The molecule has 0 amide bonds. The lowest BCUT2D eigenvalue weighted by molar-refractivity contribution is 0.0262. The Bertz CT molecular complexity index is 462. The van der Waals surface area contributed by atoms with Gasteiger partial charge in [0.2, 0.25) is 0 Å². The van der Waals surface area contributed by atoms with Crippen molar-refractivity contribution in [1.82, 2.24) is 5.32 Å². The highest BCUT2D eigenvalue weighted by Gasteiger charge is 2.23. The lowest BCUT2D eigenvalue weighted by Gasteiger charge is -2.16. The van der Waals surface area contributed by atoms with Gasteiger partial charge in [-0.15, -0.1) is 0 Å². The largest absolute Gasteiger partial charge is 0.491 e. The molecule has 3 nitrogen and oxygen atoms in total. The standard InChI is InChI=1S/C16H22BrNO2/c1-11-2-6-15(20-11)10-19-16-7-3-13(17)8-12(16)9-18-14-4-5-14/h3,7-8,11,14-15,18H,2,4-6,9-10H2,1H3. The van der Waals surface area contributed by atoms with Crippen LogP contribution in [0, 0.1) is 0 Å². The van der Waals surface area contributed by atoms with Crippen LogP contribution in [-0.4, -0.2) is 24.9 Å². The van der Waals surface area contributed by atoms with Gasteiger partial charge in [0.1, 0.15) is 12.4 Å². The summed E-state index contributed by atoms with van der Waals surface area (Å²) in [6, 6.07) is 6.93. The molecule has 110 valence electrons. The predicted molar refractivity (Wildman–Crippen MR) is 83.1 cm³/mol. The zero-order valence-electron chi connectivity index (χ0n) is 11.9. The molecule has 2 unspecified atom stereocenters. The molecule has 2 aliphatic rings. The van der Waals surface area contributed by atoms with Crippen LogP contribution in [0.3, 0.4) is 0 Å². The summed E-state index contributed by atoms with van der Waals surface area (Å²) in [7, 11) is 0. The minimum atomic E-state index is 0.248. The van der Waals surface area contributed by atoms with Crippen molar-refractivity contribution in [3.05, 3.63) is 28.2 Å². The molecule has 1 heterocycles. The third-order valence-electron chi connectivity index (χ3n) is 3.93. The predicted octanol–water partition coefficient (Wildman–Crippen LogP) is 3.65. The van der Waals surface area contributed by atoms with Crippen LogP contribution >= 0.6 is 15.9 Å². The van der Waals surface area contributed by atoms with Crippen LogP contribution in [-0.2, 0) is 11.3 Å². The van der Waals surface area contributed by atoms with Crippen molar-refractivity contribution >= 4 is 15.9 Å². The van der Waals surface area contributed by atoms with Crippen LogP contribution in [0.4, 0.5) is 0 Å². The van der Waals surface area contributed by atoms with E-state index in [2.05, 4.69) is 34.2 Å². The van der Waals surface area contributed by atoms with Gasteiger partial charge in [-0.25, -0.2) is 0 Å². The molecule has 1 saturated carbocycles. The van der Waals surface area contributed by atoms with E-state index in [0.717, 1.165) is 29.6 Å². The summed E-state index contributed by atoms with van der Waals surface area (Å²) in [4.78, 5) is 0. The van der Waals surface area contributed by atoms with Crippen molar-refractivity contribution in [3.63, 3.8) is 0 Å². The number of benzene rings is 1. The molecular formula is C16H22BrNO2. The lowest BCUT2D eigenvalue weighted by Crippen LogP contribution is -2.20.